The van der Waals surface area contributed by atoms with Crippen molar-refractivity contribution in [3.63, 3.8) is 0 Å². The van der Waals surface area contributed by atoms with Crippen LogP contribution in [0.4, 0.5) is 11.4 Å². The van der Waals surface area contributed by atoms with Gasteiger partial charge in [0.1, 0.15) is 28.6 Å². The molecular weight excluding hydrogens is 953 g/mol. The van der Waals surface area contributed by atoms with E-state index in [0.29, 0.717) is 17.7 Å². The largest absolute Gasteiger partial charge is 0.519 e. The second-order valence-electron chi connectivity index (χ2n) is 20.3. The van der Waals surface area contributed by atoms with Crippen LogP contribution < -0.4 is 24.6 Å². The van der Waals surface area contributed by atoms with Crippen molar-refractivity contribution >= 4 is 53.8 Å². The number of fused-ring (bicyclic) bond motifs is 2. The van der Waals surface area contributed by atoms with Crippen molar-refractivity contribution < 1.29 is 33.0 Å². The molecule has 2 aliphatic heterocycles. The molecule has 0 bridgehead atoms. The third kappa shape index (κ3) is 15.8. The molecule has 1 unspecified atom stereocenters. The maximum absolute atomic E-state index is 12.3. The van der Waals surface area contributed by atoms with Crippen LogP contribution in [0.15, 0.2) is 98.0 Å². The lowest BCUT2D eigenvalue weighted by Gasteiger charge is -2.36. The van der Waals surface area contributed by atoms with E-state index in [-0.39, 0.29) is 29.5 Å². The highest BCUT2D eigenvalue weighted by atomic mass is 28.4. The van der Waals surface area contributed by atoms with Gasteiger partial charge < -0.3 is 38.5 Å². The smallest absolute Gasteiger partial charge is 0.307 e. The number of methoxy groups -OCH3 is 4. The summed E-state index contributed by atoms with van der Waals surface area (Å²) in [7, 11) is 4.74. The van der Waals surface area contributed by atoms with Gasteiger partial charge in [-0.25, -0.2) is 0 Å². The Hall–Kier alpha value is -6.50. The summed E-state index contributed by atoms with van der Waals surface area (Å²) >= 11 is 0. The molecule has 1 atom stereocenters. The molecule has 74 heavy (non-hydrogen) atoms. The molecule has 0 saturated carbocycles. The molecule has 1 N–H and O–H groups in total. The number of carbonyl (C=O) groups is 2. The van der Waals surface area contributed by atoms with E-state index in [2.05, 4.69) is 108 Å². The number of rotatable bonds is 14. The van der Waals surface area contributed by atoms with Crippen molar-refractivity contribution in [3.05, 3.63) is 109 Å². The lowest BCUT2D eigenvalue weighted by Crippen LogP contribution is -2.40. The van der Waals surface area contributed by atoms with Crippen LogP contribution in [0.2, 0.25) is 18.1 Å². The lowest BCUT2D eigenvalue weighted by molar-refractivity contribution is -0.142. The average molecular weight is 1040 g/mol. The summed E-state index contributed by atoms with van der Waals surface area (Å²) in [6.07, 6.45) is 10.6. The SMILES string of the molecule is C=C(OC)O[Si](C)(C)C(C)(C)C.CC(C)n1ccc(C=O)n1.COC(=O)CC(c1ccn(C(C)C)n1)N1CCCN(c2c(OC)ccc3cccnc23)CC1.COc1ccc2cccnc2c1N1CCCNCC1. The summed E-state index contributed by atoms with van der Waals surface area (Å²) in [6, 6.07) is 20.5. The Labute approximate surface area is 440 Å². The van der Waals surface area contributed by atoms with Crippen molar-refractivity contribution in [2.45, 2.75) is 104 Å². The van der Waals surface area contributed by atoms with Gasteiger partial charge in [0.25, 0.3) is 14.3 Å². The topological polar surface area (TPSA) is 163 Å². The van der Waals surface area contributed by atoms with Crippen LogP contribution in [0.5, 0.6) is 11.5 Å². The highest BCUT2D eigenvalue weighted by Gasteiger charge is 2.39. The first-order chi connectivity index (χ1) is 35.4. The van der Waals surface area contributed by atoms with E-state index < -0.39 is 8.32 Å². The zero-order valence-electron chi connectivity index (χ0n) is 46.3. The average Bonchev–Trinajstić information content (AvgIpc) is 3.94. The standard InChI is InChI=1S/C25H33N5O3.C15H19N3O.C9H20O2Si.C7H10N2O/c1-18(2)30-14-10-20(27-30)21(17-23(31)33-4)28-12-6-13-29(16-15-28)25-22(32-3)9-8-19-7-5-11-26-24(19)25;1-19-13-6-5-12-4-2-8-17-14(12)15(13)18-10-3-7-16-9-11-18;1-8(10-5)11-12(6,7)9(2,3)4;1-6(2)9-4-3-7(5-10)8-9/h5,7-11,14,18,21H,6,12-13,15-17H2,1-4H3;2,4-6,8,16H,3,7,9-11H2,1H3;1H2,2-7H3;3-6H,1-2H3. The number of anilines is 2. The Kier molecular flexibility index (Phi) is 21.8. The Morgan fingerprint density at radius 3 is 1.78 bits per heavy atom. The number of ether oxygens (including phenoxy) is 4. The Morgan fingerprint density at radius 1 is 0.716 bits per heavy atom. The summed E-state index contributed by atoms with van der Waals surface area (Å²) in [4.78, 5) is 38.7. The fourth-order valence-electron chi connectivity index (χ4n) is 8.37. The van der Waals surface area contributed by atoms with Gasteiger partial charge in [-0.1, -0.05) is 32.9 Å². The van der Waals surface area contributed by atoms with Gasteiger partial charge in [-0.3, -0.25) is 33.8 Å². The third-order valence-corrected chi connectivity index (χ3v) is 17.9. The van der Waals surface area contributed by atoms with Crippen LogP contribution in [-0.2, 0) is 18.7 Å². The van der Waals surface area contributed by atoms with Gasteiger partial charge in [0.05, 0.1) is 57.6 Å². The van der Waals surface area contributed by atoms with Gasteiger partial charge in [-0.2, -0.15) is 10.2 Å². The second-order valence-corrected chi connectivity index (χ2v) is 25.1. The lowest BCUT2D eigenvalue weighted by atomic mass is 10.1. The number of hydrogen-bond donors (Lipinski definition) is 1. The van der Waals surface area contributed by atoms with E-state index in [1.807, 2.05) is 73.5 Å². The molecule has 6 aromatic rings. The predicted molar refractivity (Wildman–Crippen MR) is 299 cm³/mol. The number of benzene rings is 2. The van der Waals surface area contributed by atoms with E-state index >= 15 is 0 Å². The summed E-state index contributed by atoms with van der Waals surface area (Å²) in [5.41, 5.74) is 5.55. The van der Waals surface area contributed by atoms with Crippen LogP contribution in [0.25, 0.3) is 21.8 Å². The maximum Gasteiger partial charge on any atom is 0.307 e. The highest BCUT2D eigenvalue weighted by Crippen LogP contribution is 2.39. The van der Waals surface area contributed by atoms with Crippen molar-refractivity contribution in [2.24, 2.45) is 0 Å². The number of esters is 1. The zero-order valence-corrected chi connectivity index (χ0v) is 47.3. The van der Waals surface area contributed by atoms with E-state index in [1.54, 1.807) is 38.3 Å². The number of nitrogens with one attached hydrogen (secondary N) is 1. The molecule has 2 aromatic carbocycles. The van der Waals surface area contributed by atoms with Crippen LogP contribution in [0, 0.1) is 0 Å². The van der Waals surface area contributed by atoms with E-state index in [0.717, 1.165) is 122 Å². The van der Waals surface area contributed by atoms with Crippen molar-refractivity contribution in [2.75, 3.05) is 90.6 Å². The summed E-state index contributed by atoms with van der Waals surface area (Å²) < 4.78 is 30.5. The molecule has 402 valence electrons. The van der Waals surface area contributed by atoms with Crippen LogP contribution in [0.1, 0.15) is 102 Å². The zero-order chi connectivity index (χ0) is 54.0. The minimum atomic E-state index is -1.71. The van der Waals surface area contributed by atoms with Crippen molar-refractivity contribution in [1.82, 2.24) is 39.7 Å². The molecule has 0 aliphatic carbocycles. The molecule has 17 nitrogen and oxygen atoms in total. The first kappa shape index (κ1) is 58.4. The number of aldehydes is 1. The van der Waals surface area contributed by atoms with E-state index in [1.165, 1.54) is 7.11 Å². The van der Waals surface area contributed by atoms with Gasteiger partial charge in [-0.05, 0) is 120 Å². The quantitative estimate of drug-likeness (QED) is 0.0474. The summed E-state index contributed by atoms with van der Waals surface area (Å²) in [5.74, 6) is 1.95. The third-order valence-electron chi connectivity index (χ3n) is 13.6. The number of nitrogens with zero attached hydrogens (tertiary/aromatic N) is 9. The fraction of sp³-hybridized carbons (Fsp3) is 0.500. The number of carbonyl (C=O) groups excluding carboxylic acids is 2. The van der Waals surface area contributed by atoms with E-state index in [4.69, 9.17) is 28.5 Å². The Bertz CT molecular complexity index is 2710. The molecule has 2 aliphatic rings. The Morgan fingerprint density at radius 2 is 1.28 bits per heavy atom. The van der Waals surface area contributed by atoms with Gasteiger partial charge in [0.2, 0.25) is 0 Å². The van der Waals surface area contributed by atoms with Crippen LogP contribution in [-0.4, -0.2) is 136 Å². The molecule has 2 fully saturated rings. The van der Waals surface area contributed by atoms with Crippen molar-refractivity contribution in [1.29, 1.82) is 0 Å². The molecular formula is C56H82N10O7Si. The van der Waals surface area contributed by atoms with Gasteiger partial charge >= 0.3 is 5.97 Å². The predicted octanol–water partition coefficient (Wildman–Crippen LogP) is 10.3. The molecule has 0 amide bonds. The molecule has 0 spiro atoms. The van der Waals surface area contributed by atoms with Crippen LogP contribution in [0.3, 0.4) is 0 Å². The van der Waals surface area contributed by atoms with E-state index in [9.17, 15) is 9.59 Å². The second kappa shape index (κ2) is 27.7. The first-order valence-electron chi connectivity index (χ1n) is 25.7. The number of hydrogen-bond acceptors (Lipinski definition) is 15. The minimum absolute atomic E-state index is 0.120. The summed E-state index contributed by atoms with van der Waals surface area (Å²) in [5, 5.41) is 14.6. The number of aromatic nitrogens is 6. The molecule has 4 aromatic heterocycles. The first-order valence-corrected chi connectivity index (χ1v) is 28.6. The van der Waals surface area contributed by atoms with Crippen molar-refractivity contribution in [3.8, 4) is 11.5 Å². The molecule has 8 rings (SSSR count). The Balaban J connectivity index is 0.000000207. The van der Waals surface area contributed by atoms with Gasteiger partial charge in [0.15, 0.2) is 6.29 Å². The normalized spacial score (nSPS) is 14.8. The highest BCUT2D eigenvalue weighted by molar-refractivity contribution is 6.74. The number of pyridine rings is 2. The monoisotopic (exact) mass is 1030 g/mol. The van der Waals surface area contributed by atoms with Gasteiger partial charge in [0, 0.05) is 93.5 Å². The molecule has 6 heterocycles. The summed E-state index contributed by atoms with van der Waals surface area (Å²) in [6.45, 7) is 30.2. The van der Waals surface area contributed by atoms with Gasteiger partial charge in [-0.15, -0.1) is 0 Å². The molecule has 18 heteroatoms. The minimum Gasteiger partial charge on any atom is -0.519 e. The molecule has 0 radical (unpaired) electrons. The maximum atomic E-state index is 12.3. The van der Waals surface area contributed by atoms with Crippen LogP contribution >= 0.6 is 0 Å². The fourth-order valence-corrected chi connectivity index (χ4v) is 9.33. The molecule has 2 saturated heterocycles.